The van der Waals surface area contributed by atoms with Crippen molar-refractivity contribution >= 4 is 0 Å². The lowest BCUT2D eigenvalue weighted by molar-refractivity contribution is 0.0857. The van der Waals surface area contributed by atoms with E-state index in [4.69, 9.17) is 9.47 Å². The van der Waals surface area contributed by atoms with Crippen molar-refractivity contribution in [2.45, 2.75) is 32.9 Å². The maximum atomic E-state index is 14.0. The van der Waals surface area contributed by atoms with Gasteiger partial charge in [-0.05, 0) is 26.0 Å². The molecule has 0 aliphatic rings. The second-order valence-corrected chi connectivity index (χ2v) is 4.15. The maximum absolute atomic E-state index is 14.0. The molecule has 1 heterocycles. The lowest BCUT2D eigenvalue weighted by Crippen LogP contribution is -2.20. The van der Waals surface area contributed by atoms with Crippen LogP contribution in [0.15, 0.2) is 12.3 Å². The van der Waals surface area contributed by atoms with E-state index in [1.54, 1.807) is 19.4 Å². The Labute approximate surface area is 108 Å². The molecule has 0 spiro atoms. The summed E-state index contributed by atoms with van der Waals surface area (Å²) in [6.07, 6.45) is 2.35. The summed E-state index contributed by atoms with van der Waals surface area (Å²) in [5.41, 5.74) is 0.568. The Hall–Kier alpha value is -1.20. The van der Waals surface area contributed by atoms with E-state index in [-0.39, 0.29) is 12.0 Å². The molecule has 0 aromatic carbocycles. The summed E-state index contributed by atoms with van der Waals surface area (Å²) in [6, 6.07) is 1.66. The zero-order valence-corrected chi connectivity index (χ0v) is 11.2. The average molecular weight is 256 g/mol. The van der Waals surface area contributed by atoms with Crippen molar-refractivity contribution < 1.29 is 13.9 Å². The van der Waals surface area contributed by atoms with Gasteiger partial charge in [-0.1, -0.05) is 6.92 Å². The van der Waals surface area contributed by atoms with Crippen LogP contribution in [0.2, 0.25) is 0 Å². The molecule has 1 N–H and O–H groups in total. The van der Waals surface area contributed by atoms with Crippen LogP contribution in [0.25, 0.3) is 0 Å². The number of pyridine rings is 1. The molecule has 1 unspecified atom stereocenters. The molecule has 1 aromatic heterocycles. The highest BCUT2D eigenvalue weighted by molar-refractivity contribution is 5.23. The molecule has 0 saturated carbocycles. The van der Waals surface area contributed by atoms with Crippen molar-refractivity contribution in [2.24, 2.45) is 0 Å². The van der Waals surface area contributed by atoms with E-state index in [9.17, 15) is 4.39 Å². The Kier molecular flexibility index (Phi) is 6.60. The third-order valence-corrected chi connectivity index (χ3v) is 2.39. The highest BCUT2D eigenvalue weighted by atomic mass is 19.1. The topological polar surface area (TPSA) is 43.4 Å². The van der Waals surface area contributed by atoms with E-state index in [1.165, 1.54) is 0 Å². The number of aromatic nitrogens is 1. The van der Waals surface area contributed by atoms with Gasteiger partial charge in [0, 0.05) is 25.4 Å². The standard InChI is InChI=1S/C13H21FN2O2/c1-4-6-15-8-11-5-7-16-13(12(11)14)18-10(2)9-17-3/h5,7,10,15H,4,6,8-9H2,1-3H3. The van der Waals surface area contributed by atoms with Crippen LogP contribution in [0.5, 0.6) is 5.88 Å². The molecular weight excluding hydrogens is 235 g/mol. The molecule has 0 amide bonds. The number of nitrogens with one attached hydrogen (secondary N) is 1. The average Bonchev–Trinajstić information content (AvgIpc) is 2.34. The third kappa shape index (κ3) is 4.58. The minimum absolute atomic E-state index is 0.0374. The first-order chi connectivity index (χ1) is 8.69. The molecule has 1 atom stereocenters. The summed E-state index contributed by atoms with van der Waals surface area (Å²) >= 11 is 0. The number of hydrogen-bond donors (Lipinski definition) is 1. The van der Waals surface area contributed by atoms with E-state index < -0.39 is 5.82 Å². The molecule has 5 heteroatoms. The van der Waals surface area contributed by atoms with Crippen LogP contribution in [-0.4, -0.2) is 31.3 Å². The fourth-order valence-electron chi connectivity index (χ4n) is 1.54. The zero-order valence-electron chi connectivity index (χ0n) is 11.2. The lowest BCUT2D eigenvalue weighted by atomic mass is 10.2. The molecule has 0 aliphatic heterocycles. The highest BCUT2D eigenvalue weighted by Gasteiger charge is 2.13. The van der Waals surface area contributed by atoms with E-state index >= 15 is 0 Å². The van der Waals surface area contributed by atoms with Crippen molar-refractivity contribution in [2.75, 3.05) is 20.3 Å². The number of ether oxygens (including phenoxy) is 2. The summed E-state index contributed by atoms with van der Waals surface area (Å²) in [4.78, 5) is 3.91. The van der Waals surface area contributed by atoms with Crippen LogP contribution in [0.3, 0.4) is 0 Å². The quantitative estimate of drug-likeness (QED) is 0.724. The van der Waals surface area contributed by atoms with Gasteiger partial charge in [0.1, 0.15) is 6.10 Å². The number of rotatable bonds is 8. The van der Waals surface area contributed by atoms with Crippen molar-refractivity contribution in [3.8, 4) is 5.88 Å². The predicted octanol–water partition coefficient (Wildman–Crippen LogP) is 2.13. The van der Waals surface area contributed by atoms with Gasteiger partial charge in [-0.15, -0.1) is 0 Å². The van der Waals surface area contributed by atoms with Gasteiger partial charge in [-0.25, -0.2) is 9.37 Å². The minimum atomic E-state index is -0.399. The molecule has 18 heavy (non-hydrogen) atoms. The molecule has 1 aromatic rings. The van der Waals surface area contributed by atoms with Crippen molar-refractivity contribution in [1.82, 2.24) is 10.3 Å². The molecule has 1 rings (SSSR count). The van der Waals surface area contributed by atoms with E-state index in [0.29, 0.717) is 18.7 Å². The summed E-state index contributed by atoms with van der Waals surface area (Å²) in [5, 5.41) is 3.15. The monoisotopic (exact) mass is 256 g/mol. The van der Waals surface area contributed by atoms with Crippen LogP contribution >= 0.6 is 0 Å². The Morgan fingerprint density at radius 1 is 1.50 bits per heavy atom. The Morgan fingerprint density at radius 3 is 2.94 bits per heavy atom. The largest absolute Gasteiger partial charge is 0.470 e. The number of nitrogens with zero attached hydrogens (tertiary/aromatic N) is 1. The first-order valence-corrected chi connectivity index (χ1v) is 6.18. The summed E-state index contributed by atoms with van der Waals surface area (Å²) in [6.45, 7) is 5.62. The van der Waals surface area contributed by atoms with Crippen LogP contribution < -0.4 is 10.1 Å². The van der Waals surface area contributed by atoms with Gasteiger partial charge in [0.05, 0.1) is 6.61 Å². The molecule has 0 saturated heterocycles. The first kappa shape index (κ1) is 14.9. The fraction of sp³-hybridized carbons (Fsp3) is 0.615. The van der Waals surface area contributed by atoms with Gasteiger partial charge >= 0.3 is 0 Å². The van der Waals surface area contributed by atoms with Gasteiger partial charge in [0.15, 0.2) is 5.82 Å². The molecule has 0 bridgehead atoms. The van der Waals surface area contributed by atoms with Gasteiger partial charge in [-0.3, -0.25) is 0 Å². The van der Waals surface area contributed by atoms with Crippen LogP contribution in [0.4, 0.5) is 4.39 Å². The fourth-order valence-corrected chi connectivity index (χ4v) is 1.54. The molecule has 102 valence electrons. The second-order valence-electron chi connectivity index (χ2n) is 4.15. The van der Waals surface area contributed by atoms with E-state index in [0.717, 1.165) is 13.0 Å². The Balaban J connectivity index is 2.65. The van der Waals surface area contributed by atoms with Crippen molar-refractivity contribution in [1.29, 1.82) is 0 Å². The highest BCUT2D eigenvalue weighted by Crippen LogP contribution is 2.18. The number of hydrogen-bond acceptors (Lipinski definition) is 4. The zero-order chi connectivity index (χ0) is 13.4. The van der Waals surface area contributed by atoms with Crippen LogP contribution in [0, 0.1) is 5.82 Å². The molecule has 0 fully saturated rings. The maximum Gasteiger partial charge on any atom is 0.251 e. The molecule has 0 radical (unpaired) electrons. The smallest absolute Gasteiger partial charge is 0.251 e. The lowest BCUT2D eigenvalue weighted by Gasteiger charge is -2.14. The van der Waals surface area contributed by atoms with E-state index in [1.807, 2.05) is 6.92 Å². The molecule has 4 nitrogen and oxygen atoms in total. The number of halogens is 1. The summed E-state index contributed by atoms with van der Waals surface area (Å²) in [5.74, 6) is -0.362. The van der Waals surface area contributed by atoms with Crippen molar-refractivity contribution in [3.05, 3.63) is 23.6 Å². The van der Waals surface area contributed by atoms with Gasteiger partial charge in [0.25, 0.3) is 5.88 Å². The normalized spacial score (nSPS) is 12.4. The molecule has 0 aliphatic carbocycles. The van der Waals surface area contributed by atoms with Gasteiger partial charge in [0.2, 0.25) is 0 Å². The SMILES string of the molecule is CCCNCc1ccnc(OC(C)COC)c1F. The number of methoxy groups -OCH3 is 1. The second kappa shape index (κ2) is 8.00. The first-order valence-electron chi connectivity index (χ1n) is 6.18. The van der Waals surface area contributed by atoms with E-state index in [2.05, 4.69) is 17.2 Å². The minimum Gasteiger partial charge on any atom is -0.470 e. The van der Waals surface area contributed by atoms with Crippen LogP contribution in [-0.2, 0) is 11.3 Å². The summed E-state index contributed by atoms with van der Waals surface area (Å²) < 4.78 is 24.4. The van der Waals surface area contributed by atoms with Crippen LogP contribution in [0.1, 0.15) is 25.8 Å². The molecular formula is C13H21FN2O2. The van der Waals surface area contributed by atoms with Gasteiger partial charge in [-0.2, -0.15) is 0 Å². The van der Waals surface area contributed by atoms with Crippen molar-refractivity contribution in [3.63, 3.8) is 0 Å². The third-order valence-electron chi connectivity index (χ3n) is 2.39. The Bertz CT molecular complexity index is 361. The van der Waals surface area contributed by atoms with Gasteiger partial charge < -0.3 is 14.8 Å². The summed E-state index contributed by atoms with van der Waals surface area (Å²) in [7, 11) is 1.58. The predicted molar refractivity (Wildman–Crippen MR) is 68.2 cm³/mol. The Morgan fingerprint density at radius 2 is 2.28 bits per heavy atom.